The Morgan fingerprint density at radius 3 is 2.38 bits per heavy atom. The van der Waals surface area contributed by atoms with Gasteiger partial charge in [-0.25, -0.2) is 0 Å². The van der Waals surface area contributed by atoms with Crippen molar-refractivity contribution < 1.29 is 17.7 Å². The lowest BCUT2D eigenvalue weighted by atomic mass is 10.3. The molecule has 1 N–H and O–H groups in total. The molecule has 7 heteroatoms. The minimum atomic E-state index is -3.67. The first-order valence-electron chi connectivity index (χ1n) is 4.24. The average Bonchev–Trinajstić information content (AvgIpc) is 2.14. The van der Waals surface area contributed by atoms with Crippen LogP contribution in [0.15, 0.2) is 29.2 Å². The highest BCUT2D eigenvalue weighted by Crippen LogP contribution is 2.20. The van der Waals surface area contributed by atoms with E-state index in [1.807, 2.05) is 24.3 Å². The predicted octanol–water partition coefficient (Wildman–Crippen LogP) is 2.10. The Labute approximate surface area is 106 Å². The maximum atomic E-state index is 9.19. The Morgan fingerprint density at radius 1 is 1.44 bits per heavy atom. The standard InChI is InChI=1S/C8H9ClOS.CH4O3S/c9-5-6-10-7-3-1-2-4-8(7)11;1-5(2,3)4/h1-4,11H,5-6H2;1H3,(H,2,3,4). The number of thiol groups is 1. The topological polar surface area (TPSA) is 63.6 Å². The van der Waals surface area contributed by atoms with Gasteiger partial charge in [0.15, 0.2) is 0 Å². The molecule has 92 valence electrons. The summed E-state index contributed by atoms with van der Waals surface area (Å²) in [7, 11) is -3.67. The number of ether oxygens (including phenoxy) is 1. The number of hydrogen-bond acceptors (Lipinski definition) is 4. The van der Waals surface area contributed by atoms with Crippen molar-refractivity contribution >= 4 is 34.3 Å². The van der Waals surface area contributed by atoms with Gasteiger partial charge in [-0.1, -0.05) is 12.1 Å². The Kier molecular flexibility index (Phi) is 7.57. The summed E-state index contributed by atoms with van der Waals surface area (Å²) in [4.78, 5) is 0.845. The number of alkyl halides is 1. The fourth-order valence-electron chi connectivity index (χ4n) is 0.728. The van der Waals surface area contributed by atoms with Crippen LogP contribution in [0.4, 0.5) is 0 Å². The molecular formula is C9H13ClO4S2. The Balaban J connectivity index is 0.000000385. The van der Waals surface area contributed by atoms with Crippen LogP contribution in [-0.2, 0) is 10.1 Å². The van der Waals surface area contributed by atoms with E-state index < -0.39 is 10.1 Å². The van der Waals surface area contributed by atoms with E-state index in [0.29, 0.717) is 18.7 Å². The second kappa shape index (κ2) is 7.78. The van der Waals surface area contributed by atoms with Crippen molar-refractivity contribution in [3.63, 3.8) is 0 Å². The fraction of sp³-hybridized carbons (Fsp3) is 0.333. The van der Waals surface area contributed by atoms with Crippen molar-refractivity contribution in [1.29, 1.82) is 0 Å². The van der Waals surface area contributed by atoms with E-state index in [1.165, 1.54) is 0 Å². The van der Waals surface area contributed by atoms with Crippen molar-refractivity contribution in [2.24, 2.45) is 0 Å². The van der Waals surface area contributed by atoms with Crippen LogP contribution in [0, 0.1) is 0 Å². The molecule has 0 saturated carbocycles. The highest BCUT2D eigenvalue weighted by atomic mass is 35.5. The summed E-state index contributed by atoms with van der Waals surface area (Å²) >= 11 is 9.66. The van der Waals surface area contributed by atoms with Gasteiger partial charge in [0.05, 0.1) is 12.1 Å². The van der Waals surface area contributed by atoms with Gasteiger partial charge in [0.1, 0.15) is 12.4 Å². The molecule has 4 nitrogen and oxygen atoms in total. The van der Waals surface area contributed by atoms with Gasteiger partial charge < -0.3 is 4.74 Å². The van der Waals surface area contributed by atoms with Crippen LogP contribution < -0.4 is 4.74 Å². The smallest absolute Gasteiger partial charge is 0.261 e. The van der Waals surface area contributed by atoms with E-state index in [-0.39, 0.29) is 0 Å². The van der Waals surface area contributed by atoms with Gasteiger partial charge in [-0.3, -0.25) is 4.55 Å². The van der Waals surface area contributed by atoms with E-state index in [1.54, 1.807) is 0 Å². The predicted molar refractivity (Wildman–Crippen MR) is 67.4 cm³/mol. The summed E-state index contributed by atoms with van der Waals surface area (Å²) in [5.74, 6) is 1.29. The van der Waals surface area contributed by atoms with Gasteiger partial charge >= 0.3 is 0 Å². The van der Waals surface area contributed by atoms with Crippen LogP contribution in [0.25, 0.3) is 0 Å². The third-order valence-electron chi connectivity index (χ3n) is 1.20. The summed E-state index contributed by atoms with van der Waals surface area (Å²) < 4.78 is 31.1. The summed E-state index contributed by atoms with van der Waals surface area (Å²) in [6.45, 7) is 0.527. The Morgan fingerprint density at radius 2 is 1.94 bits per heavy atom. The average molecular weight is 285 g/mol. The maximum Gasteiger partial charge on any atom is 0.261 e. The molecule has 0 atom stereocenters. The largest absolute Gasteiger partial charge is 0.491 e. The van der Waals surface area contributed by atoms with E-state index in [4.69, 9.17) is 20.9 Å². The molecule has 0 saturated heterocycles. The molecule has 0 aliphatic heterocycles. The monoisotopic (exact) mass is 284 g/mol. The molecule has 0 unspecified atom stereocenters. The molecular weight excluding hydrogens is 272 g/mol. The van der Waals surface area contributed by atoms with E-state index in [2.05, 4.69) is 12.6 Å². The molecule has 0 aliphatic carbocycles. The quantitative estimate of drug-likeness (QED) is 0.507. The van der Waals surface area contributed by atoms with Crippen LogP contribution in [0.1, 0.15) is 0 Å². The van der Waals surface area contributed by atoms with E-state index in [0.717, 1.165) is 10.6 Å². The normalized spacial score (nSPS) is 10.2. The summed E-state index contributed by atoms with van der Waals surface area (Å²) in [5, 5.41) is 0. The zero-order chi connectivity index (χ0) is 12.6. The molecule has 0 aliphatic rings. The molecule has 1 aromatic carbocycles. The zero-order valence-electron chi connectivity index (χ0n) is 8.63. The summed E-state index contributed by atoms with van der Waals surface area (Å²) in [5.41, 5.74) is 0. The third-order valence-corrected chi connectivity index (χ3v) is 1.72. The first-order chi connectivity index (χ1) is 7.34. The molecule has 0 heterocycles. The molecule has 1 rings (SSSR count). The van der Waals surface area contributed by atoms with Crippen LogP contribution in [0.3, 0.4) is 0 Å². The first kappa shape index (κ1) is 15.6. The SMILES string of the molecule is CS(=O)(=O)O.Sc1ccccc1OCCCl. The van der Waals surface area contributed by atoms with Gasteiger partial charge in [0.25, 0.3) is 10.1 Å². The molecule has 0 spiro atoms. The number of benzene rings is 1. The van der Waals surface area contributed by atoms with Crippen molar-refractivity contribution in [1.82, 2.24) is 0 Å². The van der Waals surface area contributed by atoms with Crippen LogP contribution in [-0.4, -0.2) is 31.7 Å². The highest BCUT2D eigenvalue weighted by Gasteiger charge is 1.95. The van der Waals surface area contributed by atoms with E-state index in [9.17, 15) is 8.42 Å². The number of rotatable bonds is 3. The molecule has 0 fully saturated rings. The molecule has 0 amide bonds. The molecule has 16 heavy (non-hydrogen) atoms. The summed E-state index contributed by atoms with van der Waals surface area (Å²) in [6, 6.07) is 7.57. The van der Waals surface area contributed by atoms with Crippen molar-refractivity contribution in [2.45, 2.75) is 4.90 Å². The van der Waals surface area contributed by atoms with Crippen LogP contribution in [0.2, 0.25) is 0 Å². The van der Waals surface area contributed by atoms with Crippen molar-refractivity contribution in [2.75, 3.05) is 18.7 Å². The van der Waals surface area contributed by atoms with Gasteiger partial charge in [0.2, 0.25) is 0 Å². The minimum absolute atomic E-state index is 0.502. The number of para-hydroxylation sites is 1. The summed E-state index contributed by atoms with van der Waals surface area (Å²) in [6.07, 6.45) is 0.715. The molecule has 0 radical (unpaired) electrons. The zero-order valence-corrected chi connectivity index (χ0v) is 11.1. The maximum absolute atomic E-state index is 9.19. The van der Waals surface area contributed by atoms with Crippen molar-refractivity contribution in [3.8, 4) is 5.75 Å². The van der Waals surface area contributed by atoms with Gasteiger partial charge in [-0.2, -0.15) is 8.42 Å². The molecule has 1 aromatic rings. The minimum Gasteiger partial charge on any atom is -0.491 e. The lowest BCUT2D eigenvalue weighted by Crippen LogP contribution is -1.98. The Hall–Kier alpha value is -0.430. The lowest BCUT2D eigenvalue weighted by molar-refractivity contribution is 0.335. The highest BCUT2D eigenvalue weighted by molar-refractivity contribution is 7.85. The fourth-order valence-corrected chi connectivity index (χ4v) is 1.03. The molecule has 0 bridgehead atoms. The van der Waals surface area contributed by atoms with Crippen LogP contribution in [0.5, 0.6) is 5.75 Å². The van der Waals surface area contributed by atoms with Gasteiger partial charge in [-0.05, 0) is 12.1 Å². The third kappa shape index (κ3) is 10.1. The number of hydrogen-bond donors (Lipinski definition) is 2. The second-order valence-corrected chi connectivity index (χ2v) is 5.06. The molecule has 0 aromatic heterocycles. The van der Waals surface area contributed by atoms with Crippen LogP contribution >= 0.6 is 24.2 Å². The van der Waals surface area contributed by atoms with Gasteiger partial charge in [0, 0.05) is 4.90 Å². The van der Waals surface area contributed by atoms with E-state index >= 15 is 0 Å². The number of halogens is 1. The van der Waals surface area contributed by atoms with Crippen molar-refractivity contribution in [3.05, 3.63) is 24.3 Å². The van der Waals surface area contributed by atoms with Gasteiger partial charge in [-0.15, -0.1) is 24.2 Å². The Bertz CT molecular complexity index is 398. The first-order valence-corrected chi connectivity index (χ1v) is 7.07. The second-order valence-electron chi connectivity index (χ2n) is 2.74. The lowest BCUT2D eigenvalue weighted by Gasteiger charge is -2.04.